The average Bonchev–Trinajstić information content (AvgIpc) is 2.92. The maximum absolute atomic E-state index is 5.47. The Morgan fingerprint density at radius 1 is 1.31 bits per heavy atom. The molecule has 3 rings (SSSR count). The van der Waals surface area contributed by atoms with Gasteiger partial charge in [-0.2, -0.15) is 0 Å². The van der Waals surface area contributed by atoms with Crippen LogP contribution in [-0.2, 0) is 4.74 Å². The van der Waals surface area contributed by atoms with Crippen LogP contribution in [0.4, 0.5) is 0 Å². The Morgan fingerprint density at radius 2 is 2.19 bits per heavy atom. The van der Waals surface area contributed by atoms with E-state index in [1.165, 1.54) is 43.0 Å². The lowest BCUT2D eigenvalue weighted by molar-refractivity contribution is 0.0828. The number of amidine groups is 1. The van der Waals surface area contributed by atoms with E-state index >= 15 is 0 Å². The second kappa shape index (κ2) is 4.57. The second-order valence-corrected chi connectivity index (χ2v) is 6.17. The number of aliphatic imine (C=N–C) groups is 1. The van der Waals surface area contributed by atoms with Crippen LogP contribution >= 0.6 is 11.8 Å². The van der Waals surface area contributed by atoms with Gasteiger partial charge in [-0.15, -0.1) is 0 Å². The van der Waals surface area contributed by atoms with Gasteiger partial charge in [0.1, 0.15) is 0 Å². The fraction of sp³-hybridized carbons (Fsp3) is 0.917. The fourth-order valence-corrected chi connectivity index (χ4v) is 4.17. The van der Waals surface area contributed by atoms with Crippen molar-refractivity contribution in [1.29, 1.82) is 0 Å². The SMILES string of the molecule is C1COCC(N=C2NC3(CCCC3)CS2)C1. The van der Waals surface area contributed by atoms with Crippen molar-refractivity contribution in [3.8, 4) is 0 Å². The smallest absolute Gasteiger partial charge is 0.157 e. The molecule has 0 bridgehead atoms. The summed E-state index contributed by atoms with van der Waals surface area (Å²) in [6.45, 7) is 1.74. The Labute approximate surface area is 101 Å². The van der Waals surface area contributed by atoms with E-state index in [2.05, 4.69) is 5.32 Å². The lowest BCUT2D eigenvalue weighted by atomic mass is 10.0. The van der Waals surface area contributed by atoms with Crippen molar-refractivity contribution < 1.29 is 4.74 Å². The summed E-state index contributed by atoms with van der Waals surface area (Å²) >= 11 is 1.92. The molecular formula is C12H20N2OS. The molecule has 0 aromatic carbocycles. The van der Waals surface area contributed by atoms with Gasteiger partial charge in [0.15, 0.2) is 5.17 Å². The summed E-state index contributed by atoms with van der Waals surface area (Å²) in [6.07, 6.45) is 7.79. The van der Waals surface area contributed by atoms with Crippen LogP contribution in [-0.4, -0.2) is 35.7 Å². The van der Waals surface area contributed by atoms with Gasteiger partial charge in [-0.25, -0.2) is 0 Å². The van der Waals surface area contributed by atoms with Gasteiger partial charge in [0, 0.05) is 17.9 Å². The average molecular weight is 240 g/mol. The summed E-state index contributed by atoms with van der Waals surface area (Å²) in [6, 6.07) is 0.403. The fourth-order valence-electron chi connectivity index (χ4n) is 2.89. The summed E-state index contributed by atoms with van der Waals surface area (Å²) in [5.41, 5.74) is 0.402. The van der Waals surface area contributed by atoms with E-state index in [0.717, 1.165) is 19.6 Å². The monoisotopic (exact) mass is 240 g/mol. The Balaban J connectivity index is 1.61. The minimum atomic E-state index is 0.402. The molecule has 16 heavy (non-hydrogen) atoms. The topological polar surface area (TPSA) is 33.6 Å². The van der Waals surface area contributed by atoms with E-state index in [1.807, 2.05) is 11.8 Å². The van der Waals surface area contributed by atoms with Gasteiger partial charge in [-0.1, -0.05) is 24.6 Å². The molecule has 0 radical (unpaired) electrons. The molecule has 1 atom stereocenters. The molecular weight excluding hydrogens is 220 g/mol. The Hall–Kier alpha value is -0.220. The van der Waals surface area contributed by atoms with Crippen molar-refractivity contribution in [2.75, 3.05) is 19.0 Å². The first kappa shape index (κ1) is 10.9. The number of nitrogens with one attached hydrogen (secondary N) is 1. The zero-order valence-electron chi connectivity index (χ0n) is 9.71. The molecule has 1 N–H and O–H groups in total. The molecule has 1 unspecified atom stereocenters. The second-order valence-electron chi connectivity index (χ2n) is 5.21. The van der Waals surface area contributed by atoms with Gasteiger partial charge in [0.2, 0.25) is 0 Å². The molecule has 3 aliphatic rings. The standard InChI is InChI=1S/C12H20N2OS/c1-2-6-12(5-1)9-16-11(14-12)13-10-4-3-7-15-8-10/h10H,1-9H2,(H,13,14). The van der Waals surface area contributed by atoms with Crippen molar-refractivity contribution in [1.82, 2.24) is 5.32 Å². The van der Waals surface area contributed by atoms with E-state index in [-0.39, 0.29) is 0 Å². The third-order valence-electron chi connectivity index (χ3n) is 3.85. The molecule has 90 valence electrons. The van der Waals surface area contributed by atoms with E-state index in [1.54, 1.807) is 0 Å². The van der Waals surface area contributed by atoms with Crippen LogP contribution in [0.25, 0.3) is 0 Å². The lowest BCUT2D eigenvalue weighted by Gasteiger charge is -2.23. The van der Waals surface area contributed by atoms with Crippen molar-refractivity contribution >= 4 is 16.9 Å². The van der Waals surface area contributed by atoms with Crippen LogP contribution < -0.4 is 5.32 Å². The predicted octanol–water partition coefficient (Wildman–Crippen LogP) is 2.17. The molecule has 1 spiro atoms. The molecule has 0 aromatic rings. The number of ether oxygens (including phenoxy) is 1. The summed E-state index contributed by atoms with van der Waals surface area (Å²) in [4.78, 5) is 4.80. The molecule has 4 heteroatoms. The van der Waals surface area contributed by atoms with E-state index < -0.39 is 0 Å². The van der Waals surface area contributed by atoms with Gasteiger partial charge in [-0.05, 0) is 25.7 Å². The highest BCUT2D eigenvalue weighted by atomic mass is 32.2. The Morgan fingerprint density at radius 3 is 2.94 bits per heavy atom. The molecule has 2 saturated heterocycles. The van der Waals surface area contributed by atoms with E-state index in [0.29, 0.717) is 11.6 Å². The van der Waals surface area contributed by atoms with Crippen molar-refractivity contribution in [3.05, 3.63) is 0 Å². The Bertz CT molecular complexity index is 281. The highest BCUT2D eigenvalue weighted by Crippen LogP contribution is 2.37. The van der Waals surface area contributed by atoms with Crippen LogP contribution in [0.3, 0.4) is 0 Å². The van der Waals surface area contributed by atoms with Crippen LogP contribution in [0.5, 0.6) is 0 Å². The lowest BCUT2D eigenvalue weighted by Crippen LogP contribution is -2.41. The van der Waals surface area contributed by atoms with Crippen molar-refractivity contribution in [2.45, 2.75) is 50.1 Å². The van der Waals surface area contributed by atoms with Crippen molar-refractivity contribution in [3.63, 3.8) is 0 Å². The molecule has 1 aliphatic carbocycles. The van der Waals surface area contributed by atoms with Crippen molar-refractivity contribution in [2.24, 2.45) is 4.99 Å². The normalized spacial score (nSPS) is 35.8. The van der Waals surface area contributed by atoms with E-state index in [4.69, 9.17) is 9.73 Å². The molecule has 2 heterocycles. The van der Waals surface area contributed by atoms with E-state index in [9.17, 15) is 0 Å². The summed E-state index contributed by atoms with van der Waals surface area (Å²) in [5.74, 6) is 1.22. The molecule has 3 fully saturated rings. The zero-order chi connectivity index (χ0) is 10.8. The van der Waals surface area contributed by atoms with Crippen LogP contribution in [0.15, 0.2) is 4.99 Å². The number of nitrogens with zero attached hydrogens (tertiary/aromatic N) is 1. The number of hydrogen-bond donors (Lipinski definition) is 1. The van der Waals surface area contributed by atoms with Gasteiger partial charge < -0.3 is 10.1 Å². The first-order chi connectivity index (χ1) is 7.86. The maximum atomic E-state index is 5.47. The highest BCUT2D eigenvalue weighted by Gasteiger charge is 2.39. The summed E-state index contributed by atoms with van der Waals surface area (Å²) < 4.78 is 5.47. The minimum Gasteiger partial charge on any atom is -0.379 e. The van der Waals surface area contributed by atoms with Crippen LogP contribution in [0, 0.1) is 0 Å². The largest absolute Gasteiger partial charge is 0.379 e. The first-order valence-corrected chi connectivity index (χ1v) is 7.41. The zero-order valence-corrected chi connectivity index (χ0v) is 10.5. The minimum absolute atomic E-state index is 0.402. The maximum Gasteiger partial charge on any atom is 0.157 e. The summed E-state index contributed by atoms with van der Waals surface area (Å²) in [7, 11) is 0. The predicted molar refractivity (Wildman–Crippen MR) is 68.1 cm³/mol. The van der Waals surface area contributed by atoms with Gasteiger partial charge in [-0.3, -0.25) is 4.99 Å². The quantitative estimate of drug-likeness (QED) is 0.762. The number of rotatable bonds is 1. The van der Waals surface area contributed by atoms with Gasteiger partial charge in [0.05, 0.1) is 12.6 Å². The highest BCUT2D eigenvalue weighted by molar-refractivity contribution is 8.14. The molecule has 3 nitrogen and oxygen atoms in total. The summed E-state index contributed by atoms with van der Waals surface area (Å²) in [5, 5.41) is 4.85. The number of thioether (sulfide) groups is 1. The molecule has 1 saturated carbocycles. The molecule has 0 aromatic heterocycles. The third-order valence-corrected chi connectivity index (χ3v) is 5.03. The number of hydrogen-bond acceptors (Lipinski definition) is 3. The molecule has 2 aliphatic heterocycles. The first-order valence-electron chi connectivity index (χ1n) is 6.43. The molecule has 0 amide bonds. The van der Waals surface area contributed by atoms with Crippen LogP contribution in [0.1, 0.15) is 38.5 Å². The third kappa shape index (κ3) is 2.23. The van der Waals surface area contributed by atoms with Crippen LogP contribution in [0.2, 0.25) is 0 Å². The van der Waals surface area contributed by atoms with Gasteiger partial charge >= 0.3 is 0 Å². The van der Waals surface area contributed by atoms with Gasteiger partial charge in [0.25, 0.3) is 0 Å². The Kier molecular flexibility index (Phi) is 3.11.